The lowest BCUT2D eigenvalue weighted by Crippen LogP contribution is -2.07. The highest BCUT2D eigenvalue weighted by atomic mass is 19.3. The van der Waals surface area contributed by atoms with Gasteiger partial charge in [-0.2, -0.15) is 15.2 Å². The molecule has 0 aliphatic rings. The number of nitrogen functional groups attached to an aromatic ring is 1. The van der Waals surface area contributed by atoms with Crippen molar-refractivity contribution in [2.75, 3.05) is 11.1 Å². The fraction of sp³-hybridized carbons (Fsp3) is 0.176. The molecule has 1 aromatic carbocycles. The molecule has 8 nitrogen and oxygen atoms in total. The summed E-state index contributed by atoms with van der Waals surface area (Å²) in [6.07, 6.45) is 3.77. The van der Waals surface area contributed by atoms with Gasteiger partial charge in [-0.1, -0.05) is 18.2 Å². The summed E-state index contributed by atoms with van der Waals surface area (Å²) in [7, 11) is 0. The topological polar surface area (TPSA) is 99.5 Å². The highest BCUT2D eigenvalue weighted by Crippen LogP contribution is 2.19. The largest absolute Gasteiger partial charge is 0.398 e. The van der Waals surface area contributed by atoms with Crippen molar-refractivity contribution >= 4 is 28.4 Å². The van der Waals surface area contributed by atoms with Crippen molar-refractivity contribution in [3.63, 3.8) is 0 Å². The second-order valence-corrected chi connectivity index (χ2v) is 5.94. The minimum atomic E-state index is -2.47. The summed E-state index contributed by atoms with van der Waals surface area (Å²) in [5, 5.41) is 12.0. The molecule has 0 aliphatic heterocycles. The van der Waals surface area contributed by atoms with E-state index in [0.29, 0.717) is 29.5 Å². The van der Waals surface area contributed by atoms with Gasteiger partial charge in [-0.3, -0.25) is 4.68 Å². The number of para-hydroxylation sites is 1. The van der Waals surface area contributed by atoms with Gasteiger partial charge in [-0.15, -0.1) is 0 Å². The maximum absolute atomic E-state index is 12.4. The molecule has 0 radical (unpaired) electrons. The number of fused-ring (bicyclic) bond motifs is 1. The smallest absolute Gasteiger partial charge is 0.257 e. The van der Waals surface area contributed by atoms with E-state index in [1.807, 2.05) is 24.3 Å². The summed E-state index contributed by atoms with van der Waals surface area (Å²) < 4.78 is 27.7. The third-order valence-corrected chi connectivity index (χ3v) is 3.97. The van der Waals surface area contributed by atoms with E-state index in [1.165, 1.54) is 12.4 Å². The summed E-state index contributed by atoms with van der Waals surface area (Å²) in [6.45, 7) is 0.00574. The summed E-state index contributed by atoms with van der Waals surface area (Å²) in [4.78, 5) is 8.70. The van der Waals surface area contributed by atoms with Crippen molar-refractivity contribution in [2.24, 2.45) is 0 Å². The Labute approximate surface area is 152 Å². The highest BCUT2D eigenvalue weighted by Gasteiger charge is 2.10. The zero-order chi connectivity index (χ0) is 18.8. The van der Waals surface area contributed by atoms with Gasteiger partial charge in [-0.25, -0.2) is 18.4 Å². The van der Waals surface area contributed by atoms with Gasteiger partial charge in [0.25, 0.3) is 6.43 Å². The molecule has 0 atom stereocenters. The number of anilines is 3. The maximum atomic E-state index is 12.4. The molecule has 0 fully saturated rings. The molecule has 4 aromatic rings. The Kier molecular flexibility index (Phi) is 4.37. The van der Waals surface area contributed by atoms with Crippen molar-refractivity contribution < 1.29 is 8.78 Å². The second-order valence-electron chi connectivity index (χ2n) is 5.94. The zero-order valence-electron chi connectivity index (χ0n) is 14.1. The predicted molar refractivity (Wildman–Crippen MR) is 96.8 cm³/mol. The number of benzene rings is 1. The third-order valence-electron chi connectivity index (χ3n) is 3.97. The molecule has 0 amide bonds. The minimum absolute atomic E-state index is 0.321. The Morgan fingerprint density at radius 1 is 1.11 bits per heavy atom. The first-order valence-corrected chi connectivity index (χ1v) is 8.18. The van der Waals surface area contributed by atoms with Crippen LogP contribution in [0.25, 0.3) is 11.0 Å². The molecule has 138 valence electrons. The van der Waals surface area contributed by atoms with Crippen LogP contribution in [0.3, 0.4) is 0 Å². The number of nitrogens with one attached hydrogen (secondary N) is 1. The second kappa shape index (κ2) is 6.98. The lowest BCUT2D eigenvalue weighted by atomic mass is 10.2. The average Bonchev–Trinajstić information content (AvgIpc) is 3.23. The molecule has 10 heteroatoms. The van der Waals surface area contributed by atoms with E-state index in [-0.39, 0.29) is 0 Å². The fourth-order valence-electron chi connectivity index (χ4n) is 2.68. The van der Waals surface area contributed by atoms with Gasteiger partial charge in [0.2, 0.25) is 5.95 Å². The lowest BCUT2D eigenvalue weighted by molar-refractivity contribution is 0.122. The van der Waals surface area contributed by atoms with Crippen LogP contribution < -0.4 is 11.1 Å². The molecule has 4 rings (SSSR count). The number of hydrogen-bond donors (Lipinski definition) is 2. The van der Waals surface area contributed by atoms with Gasteiger partial charge in [0.05, 0.1) is 30.0 Å². The predicted octanol–water partition coefficient (Wildman–Crippen LogP) is 2.66. The Balaban J connectivity index is 1.58. The van der Waals surface area contributed by atoms with E-state index < -0.39 is 13.0 Å². The van der Waals surface area contributed by atoms with Crippen LogP contribution in [0.5, 0.6) is 0 Å². The average molecular weight is 370 g/mol. The van der Waals surface area contributed by atoms with E-state index in [4.69, 9.17) is 5.73 Å². The number of nitrogens with zero attached hydrogens (tertiary/aromatic N) is 6. The molecule has 0 spiro atoms. The first-order chi connectivity index (χ1) is 13.1. The van der Waals surface area contributed by atoms with Gasteiger partial charge in [-0.05, 0) is 11.6 Å². The molecule has 0 aliphatic carbocycles. The van der Waals surface area contributed by atoms with Crippen LogP contribution in [0.1, 0.15) is 5.56 Å². The van der Waals surface area contributed by atoms with Crippen molar-refractivity contribution in [2.45, 2.75) is 19.5 Å². The summed E-state index contributed by atoms with van der Waals surface area (Å²) in [5.41, 5.74) is 8.77. The molecule has 3 aromatic heterocycles. The summed E-state index contributed by atoms with van der Waals surface area (Å²) in [5.74, 6) is 0.321. The third kappa shape index (κ3) is 3.68. The van der Waals surface area contributed by atoms with Crippen LogP contribution >= 0.6 is 0 Å². The Morgan fingerprint density at radius 2 is 1.96 bits per heavy atom. The number of hydrogen-bond acceptors (Lipinski definition) is 6. The Morgan fingerprint density at radius 3 is 2.78 bits per heavy atom. The van der Waals surface area contributed by atoms with E-state index in [9.17, 15) is 8.78 Å². The molecule has 0 saturated heterocycles. The molecule has 3 heterocycles. The molecular weight excluding hydrogens is 354 g/mol. The van der Waals surface area contributed by atoms with E-state index in [0.717, 1.165) is 15.6 Å². The number of nitrogens with two attached hydrogens (primary N) is 1. The first-order valence-electron chi connectivity index (χ1n) is 8.18. The van der Waals surface area contributed by atoms with Gasteiger partial charge in [0, 0.05) is 18.1 Å². The highest BCUT2D eigenvalue weighted by molar-refractivity contribution is 5.75. The van der Waals surface area contributed by atoms with Crippen LogP contribution in [0.2, 0.25) is 0 Å². The van der Waals surface area contributed by atoms with Gasteiger partial charge >= 0.3 is 0 Å². The number of aromatic nitrogens is 6. The molecule has 0 unspecified atom stereocenters. The van der Waals surface area contributed by atoms with Gasteiger partial charge < -0.3 is 11.1 Å². The van der Waals surface area contributed by atoms with Crippen LogP contribution in [-0.2, 0) is 13.1 Å². The quantitative estimate of drug-likeness (QED) is 0.506. The monoisotopic (exact) mass is 370 g/mol. The molecular formula is C17H16F2N8. The number of rotatable bonds is 6. The minimum Gasteiger partial charge on any atom is -0.398 e. The summed E-state index contributed by atoms with van der Waals surface area (Å²) >= 11 is 0. The first kappa shape index (κ1) is 16.9. The van der Waals surface area contributed by atoms with Crippen LogP contribution in [0.15, 0.2) is 49.1 Å². The van der Waals surface area contributed by atoms with Crippen LogP contribution in [0.4, 0.5) is 26.1 Å². The van der Waals surface area contributed by atoms with Crippen molar-refractivity contribution in [3.05, 3.63) is 54.6 Å². The Hall–Kier alpha value is -3.56. The zero-order valence-corrected chi connectivity index (χ0v) is 14.1. The van der Waals surface area contributed by atoms with Gasteiger partial charge in [0.15, 0.2) is 5.65 Å². The molecule has 3 N–H and O–H groups in total. The van der Waals surface area contributed by atoms with Crippen molar-refractivity contribution in [1.29, 1.82) is 0 Å². The SMILES string of the molecule is Nc1ccccc1Cn1ncc2cnc(Nc3cnn(CC(F)F)c3)nc21. The van der Waals surface area contributed by atoms with E-state index in [2.05, 4.69) is 25.5 Å². The molecule has 27 heavy (non-hydrogen) atoms. The fourth-order valence-corrected chi connectivity index (χ4v) is 2.68. The van der Waals surface area contributed by atoms with Gasteiger partial charge in [0.1, 0.15) is 6.54 Å². The normalized spacial score (nSPS) is 11.4. The number of halogens is 2. The summed E-state index contributed by atoms with van der Waals surface area (Å²) in [6, 6.07) is 7.55. The standard InChI is InChI=1S/C17H16F2N8/c18-15(19)10-26-9-13(7-22-26)24-17-21-5-12-6-23-27(16(12)25-17)8-11-3-1-2-4-14(11)20/h1-7,9,15H,8,10,20H2,(H,21,24,25). The van der Waals surface area contributed by atoms with E-state index in [1.54, 1.807) is 17.1 Å². The maximum Gasteiger partial charge on any atom is 0.257 e. The van der Waals surface area contributed by atoms with E-state index >= 15 is 0 Å². The van der Waals surface area contributed by atoms with Crippen molar-refractivity contribution in [3.8, 4) is 0 Å². The lowest BCUT2D eigenvalue weighted by Gasteiger charge is -2.07. The van der Waals surface area contributed by atoms with Crippen molar-refractivity contribution in [1.82, 2.24) is 29.5 Å². The van der Waals surface area contributed by atoms with Crippen LogP contribution in [-0.4, -0.2) is 36.0 Å². The van der Waals surface area contributed by atoms with Crippen LogP contribution in [0, 0.1) is 0 Å². The molecule has 0 saturated carbocycles. The number of alkyl halides is 2. The molecule has 0 bridgehead atoms. The Bertz CT molecular complexity index is 1070.